The Balaban J connectivity index is 1.35. The molecule has 0 spiro atoms. The third-order valence-electron chi connectivity index (χ3n) is 5.65. The Hall–Kier alpha value is -4.11. The maximum atomic E-state index is 12.9. The number of hydrogen-bond acceptors (Lipinski definition) is 5. The van der Waals surface area contributed by atoms with Gasteiger partial charge in [0.1, 0.15) is 16.9 Å². The van der Waals surface area contributed by atoms with Crippen molar-refractivity contribution in [1.29, 1.82) is 0 Å². The number of ketones is 1. The smallest absolute Gasteiger partial charge is 0.291 e. The van der Waals surface area contributed by atoms with Crippen LogP contribution in [-0.2, 0) is 11.2 Å². The van der Waals surface area contributed by atoms with Crippen LogP contribution in [0.25, 0.3) is 23.1 Å². The predicted molar refractivity (Wildman–Crippen MR) is 136 cm³/mol. The maximum absolute atomic E-state index is 12.9. The van der Waals surface area contributed by atoms with E-state index in [9.17, 15) is 19.5 Å². The van der Waals surface area contributed by atoms with E-state index in [1.165, 1.54) is 12.1 Å². The van der Waals surface area contributed by atoms with Crippen molar-refractivity contribution >= 4 is 68.0 Å². The lowest BCUT2D eigenvalue weighted by atomic mass is 10.1. The van der Waals surface area contributed by atoms with Crippen molar-refractivity contribution in [3.8, 4) is 5.75 Å². The third kappa shape index (κ3) is 4.76. The van der Waals surface area contributed by atoms with Gasteiger partial charge in [0.15, 0.2) is 11.5 Å². The topological polar surface area (TPSA) is 124 Å². The van der Waals surface area contributed by atoms with Crippen LogP contribution in [0, 0.1) is 0 Å². The minimum Gasteiger partial charge on any atom is -0.508 e. The van der Waals surface area contributed by atoms with E-state index in [1.54, 1.807) is 48.5 Å². The molecule has 0 saturated carbocycles. The van der Waals surface area contributed by atoms with Gasteiger partial charge in [0, 0.05) is 45.3 Å². The minimum atomic E-state index is -0.440. The summed E-state index contributed by atoms with van der Waals surface area (Å²) in [5.41, 5.74) is 3.54. The fraction of sp³-hybridized carbons (Fsp3) is 0.115. The van der Waals surface area contributed by atoms with Crippen LogP contribution in [-0.4, -0.2) is 33.0 Å². The monoisotopic (exact) mass is 533 g/mol. The van der Waals surface area contributed by atoms with Crippen molar-refractivity contribution in [1.82, 2.24) is 4.98 Å². The molecule has 0 atom stereocenters. The number of anilines is 2. The van der Waals surface area contributed by atoms with Crippen molar-refractivity contribution in [2.45, 2.75) is 12.8 Å². The molecule has 2 heterocycles. The van der Waals surface area contributed by atoms with Gasteiger partial charge in [0.25, 0.3) is 11.8 Å². The standard InChI is InChI=1S/C26H20BrN3O5/c27-8-7-14-1-3-19(32)13-21(14)30-25(33)22-11-15-9-17(2-5-20(15)29-22)28-26(34)24-12-16-10-18(31)4-6-23(16)35-24/h1-3,5-6,9-13,29,32H,4,7-8H2,(H,28,34)(H,30,33). The summed E-state index contributed by atoms with van der Waals surface area (Å²) in [6.45, 7) is 0. The Morgan fingerprint density at radius 1 is 1.06 bits per heavy atom. The van der Waals surface area contributed by atoms with Crippen molar-refractivity contribution in [3.05, 3.63) is 76.2 Å². The van der Waals surface area contributed by atoms with Crippen molar-refractivity contribution in [3.63, 3.8) is 0 Å². The molecule has 2 amide bonds. The predicted octanol–water partition coefficient (Wildman–Crippen LogP) is 3.44. The van der Waals surface area contributed by atoms with Gasteiger partial charge in [-0.3, -0.25) is 14.4 Å². The summed E-state index contributed by atoms with van der Waals surface area (Å²) in [7, 11) is 0. The fourth-order valence-corrected chi connectivity index (χ4v) is 4.37. The van der Waals surface area contributed by atoms with E-state index in [-0.39, 0.29) is 29.6 Å². The number of carbonyl (C=O) groups excluding carboxylic acids is 3. The summed E-state index contributed by atoms with van der Waals surface area (Å²) in [5.74, 6) is -0.653. The average molecular weight is 534 g/mol. The number of aryl methyl sites for hydroxylation is 1. The van der Waals surface area contributed by atoms with Crippen LogP contribution in [0.4, 0.5) is 11.4 Å². The Kier molecular flexibility index (Phi) is 6.00. The van der Waals surface area contributed by atoms with Gasteiger partial charge in [0.2, 0.25) is 0 Å². The molecule has 35 heavy (non-hydrogen) atoms. The number of H-pyrrole nitrogens is 1. The number of phenolic OH excluding ortho intramolecular Hbond substituents is 1. The van der Waals surface area contributed by atoms with Crippen molar-refractivity contribution in [2.75, 3.05) is 16.0 Å². The lowest BCUT2D eigenvalue weighted by molar-refractivity contribution is -0.112. The molecule has 176 valence electrons. The van der Waals surface area contributed by atoms with Crippen LogP contribution in [0.3, 0.4) is 0 Å². The molecule has 9 heteroatoms. The first-order valence-corrected chi connectivity index (χ1v) is 12.0. The van der Waals surface area contributed by atoms with Gasteiger partial charge >= 0.3 is 0 Å². The first-order valence-electron chi connectivity index (χ1n) is 10.9. The van der Waals surface area contributed by atoms with Crippen molar-refractivity contribution < 1.29 is 23.9 Å². The van der Waals surface area contributed by atoms with E-state index >= 15 is 0 Å². The SMILES string of the molecule is O=C1C=c2cc(C(=O)Nc3ccc4[nH]c(C(=O)Nc5cc(O)ccc5CCBr)cc4c3)oc2=CC1. The van der Waals surface area contributed by atoms with Crippen molar-refractivity contribution in [2.24, 2.45) is 0 Å². The van der Waals surface area contributed by atoms with Gasteiger partial charge in [-0.2, -0.15) is 0 Å². The van der Waals surface area contributed by atoms with E-state index < -0.39 is 5.91 Å². The minimum absolute atomic E-state index is 0.0357. The number of furan rings is 1. The fourth-order valence-electron chi connectivity index (χ4n) is 3.94. The number of amides is 2. The number of carbonyl (C=O) groups is 3. The van der Waals surface area contributed by atoms with Gasteiger partial charge in [0.05, 0.1) is 0 Å². The van der Waals surface area contributed by atoms with Gasteiger partial charge in [-0.15, -0.1) is 0 Å². The zero-order valence-electron chi connectivity index (χ0n) is 18.4. The zero-order chi connectivity index (χ0) is 24.5. The molecular formula is C26H20BrN3O5. The van der Waals surface area contributed by atoms with Crippen LogP contribution < -0.4 is 21.3 Å². The van der Waals surface area contributed by atoms with E-state index in [1.807, 2.05) is 0 Å². The maximum Gasteiger partial charge on any atom is 0.291 e. The Morgan fingerprint density at radius 3 is 2.74 bits per heavy atom. The summed E-state index contributed by atoms with van der Waals surface area (Å²) in [4.78, 5) is 40.2. The lowest BCUT2D eigenvalue weighted by Crippen LogP contribution is -2.24. The lowest BCUT2D eigenvalue weighted by Gasteiger charge is -2.10. The van der Waals surface area contributed by atoms with Gasteiger partial charge in [-0.05, 0) is 60.5 Å². The van der Waals surface area contributed by atoms with E-state index in [0.717, 1.165) is 21.8 Å². The molecular weight excluding hydrogens is 514 g/mol. The second-order valence-electron chi connectivity index (χ2n) is 8.12. The number of alkyl halides is 1. The number of phenols is 1. The highest BCUT2D eigenvalue weighted by Crippen LogP contribution is 2.25. The highest BCUT2D eigenvalue weighted by molar-refractivity contribution is 9.09. The van der Waals surface area contributed by atoms with Crippen LogP contribution in [0.5, 0.6) is 5.75 Å². The first-order chi connectivity index (χ1) is 16.9. The normalized spacial score (nSPS) is 12.5. The zero-order valence-corrected chi connectivity index (χ0v) is 19.9. The van der Waals surface area contributed by atoms with Crippen LogP contribution in [0.2, 0.25) is 0 Å². The molecule has 4 aromatic rings. The number of nitrogens with one attached hydrogen (secondary N) is 3. The molecule has 1 aliphatic rings. The van der Waals surface area contributed by atoms with Gasteiger partial charge in [-0.1, -0.05) is 22.0 Å². The number of fused-ring (bicyclic) bond motifs is 2. The molecule has 0 aliphatic heterocycles. The quantitative estimate of drug-likeness (QED) is 0.282. The molecule has 4 N–H and O–H groups in total. The van der Waals surface area contributed by atoms with Crippen LogP contribution >= 0.6 is 15.9 Å². The van der Waals surface area contributed by atoms with Crippen LogP contribution in [0.1, 0.15) is 33.0 Å². The summed E-state index contributed by atoms with van der Waals surface area (Å²) >= 11 is 3.40. The molecule has 2 aromatic heterocycles. The number of hydrogen-bond donors (Lipinski definition) is 4. The highest BCUT2D eigenvalue weighted by atomic mass is 79.9. The molecule has 1 aliphatic carbocycles. The molecule has 2 aromatic carbocycles. The second-order valence-corrected chi connectivity index (χ2v) is 8.92. The Bertz CT molecular complexity index is 1620. The highest BCUT2D eigenvalue weighted by Gasteiger charge is 2.16. The van der Waals surface area contributed by atoms with Gasteiger partial charge < -0.3 is 25.1 Å². The number of aromatic hydroxyl groups is 1. The summed E-state index contributed by atoms with van der Waals surface area (Å²) in [5, 5.41) is 17.5. The number of Topliss-reactive ketones (excluding diaryl/α,β-unsaturated/α-hetero) is 1. The molecule has 5 rings (SSSR count). The molecule has 0 unspecified atom stereocenters. The largest absolute Gasteiger partial charge is 0.508 e. The third-order valence-corrected chi connectivity index (χ3v) is 6.05. The molecule has 0 fully saturated rings. The van der Waals surface area contributed by atoms with Gasteiger partial charge in [-0.25, -0.2) is 0 Å². The second kappa shape index (κ2) is 9.27. The number of aromatic amines is 1. The summed E-state index contributed by atoms with van der Waals surface area (Å²) < 4.78 is 5.57. The Morgan fingerprint density at radius 2 is 1.91 bits per heavy atom. The van der Waals surface area contributed by atoms with Crippen LogP contribution in [0.15, 0.2) is 52.9 Å². The molecule has 0 saturated heterocycles. The first kappa shape index (κ1) is 22.7. The summed E-state index contributed by atoms with van der Waals surface area (Å²) in [6, 6.07) is 13.3. The number of rotatable bonds is 6. The number of benzene rings is 2. The molecule has 8 nitrogen and oxygen atoms in total. The Labute approximate surface area is 207 Å². The van der Waals surface area contributed by atoms with E-state index in [4.69, 9.17) is 4.42 Å². The molecule has 0 bridgehead atoms. The summed E-state index contributed by atoms with van der Waals surface area (Å²) in [6.07, 6.45) is 4.07. The van der Waals surface area contributed by atoms with E-state index in [2.05, 4.69) is 31.5 Å². The number of halogens is 1. The number of aromatic nitrogens is 1. The molecule has 0 radical (unpaired) electrons. The van der Waals surface area contributed by atoms with E-state index in [0.29, 0.717) is 34.1 Å². The average Bonchev–Trinajstić information content (AvgIpc) is 3.44.